The van der Waals surface area contributed by atoms with Crippen LogP contribution < -0.4 is 4.90 Å². The van der Waals surface area contributed by atoms with E-state index in [1.807, 2.05) is 12.1 Å². The Balaban J connectivity index is 1.99. The minimum Gasteiger partial charge on any atom is -0.507 e. The Bertz CT molecular complexity index is 1140. The van der Waals surface area contributed by atoms with Gasteiger partial charge in [-0.25, -0.2) is 0 Å². The molecule has 1 atom stereocenters. The molecule has 1 aliphatic heterocycles. The van der Waals surface area contributed by atoms with Crippen molar-refractivity contribution in [3.63, 3.8) is 0 Å². The maximum Gasteiger partial charge on any atom is 0.300 e. The van der Waals surface area contributed by atoms with E-state index in [1.165, 1.54) is 4.90 Å². The highest BCUT2D eigenvalue weighted by atomic mass is 79.9. The minimum absolute atomic E-state index is 0.00859. The van der Waals surface area contributed by atoms with Gasteiger partial charge in [-0.1, -0.05) is 82.1 Å². The van der Waals surface area contributed by atoms with Crippen molar-refractivity contribution in [2.75, 3.05) is 4.90 Å². The van der Waals surface area contributed by atoms with E-state index in [0.29, 0.717) is 21.8 Å². The second-order valence-electron chi connectivity index (χ2n) is 6.54. The van der Waals surface area contributed by atoms with Crippen molar-refractivity contribution in [1.29, 1.82) is 0 Å². The molecule has 1 heterocycles. The summed E-state index contributed by atoms with van der Waals surface area (Å²) < 4.78 is 0.762. The molecule has 0 saturated carbocycles. The summed E-state index contributed by atoms with van der Waals surface area (Å²) in [6, 6.07) is 21.9. The van der Waals surface area contributed by atoms with Crippen LogP contribution >= 0.6 is 27.5 Å². The summed E-state index contributed by atoms with van der Waals surface area (Å²) in [6.07, 6.45) is 0. The SMILES string of the molecule is O=C1C(=O)N(c2cccc(Br)c2)C(c2ccccc2Cl)/C1=C(\O)c1ccccc1. The van der Waals surface area contributed by atoms with E-state index in [1.54, 1.807) is 66.7 Å². The number of benzene rings is 3. The number of Topliss-reactive ketones (excluding diaryl/α,β-unsaturated/α-hetero) is 1. The van der Waals surface area contributed by atoms with Crippen molar-refractivity contribution in [2.24, 2.45) is 0 Å². The molecular formula is C23H15BrClNO3. The summed E-state index contributed by atoms with van der Waals surface area (Å²) in [6.45, 7) is 0. The molecule has 1 unspecified atom stereocenters. The van der Waals surface area contributed by atoms with Crippen LogP contribution in [0.15, 0.2) is 88.9 Å². The van der Waals surface area contributed by atoms with Gasteiger partial charge in [-0.3, -0.25) is 14.5 Å². The molecule has 0 spiro atoms. The molecule has 29 heavy (non-hydrogen) atoms. The number of carbonyl (C=O) groups is 2. The third-order valence-corrected chi connectivity index (χ3v) is 5.62. The van der Waals surface area contributed by atoms with Crippen molar-refractivity contribution in [3.05, 3.63) is 105 Å². The maximum atomic E-state index is 13.0. The Morgan fingerprint density at radius 2 is 1.62 bits per heavy atom. The second-order valence-corrected chi connectivity index (χ2v) is 7.86. The molecule has 3 aromatic carbocycles. The lowest BCUT2D eigenvalue weighted by Crippen LogP contribution is -2.29. The number of rotatable bonds is 3. The quantitative estimate of drug-likeness (QED) is 0.303. The predicted octanol–water partition coefficient (Wildman–Crippen LogP) is 5.73. The average Bonchev–Trinajstić information content (AvgIpc) is 2.99. The molecule has 6 heteroatoms. The van der Waals surface area contributed by atoms with E-state index in [-0.39, 0.29) is 11.3 Å². The smallest absolute Gasteiger partial charge is 0.300 e. The fourth-order valence-corrected chi connectivity index (χ4v) is 4.09. The Morgan fingerprint density at radius 1 is 0.931 bits per heavy atom. The van der Waals surface area contributed by atoms with Gasteiger partial charge >= 0.3 is 0 Å². The zero-order chi connectivity index (χ0) is 20.5. The topological polar surface area (TPSA) is 57.6 Å². The van der Waals surface area contributed by atoms with Crippen molar-refractivity contribution in [3.8, 4) is 0 Å². The number of amides is 1. The van der Waals surface area contributed by atoms with Crippen LogP contribution in [0.1, 0.15) is 17.2 Å². The molecule has 1 aliphatic rings. The first-order valence-electron chi connectivity index (χ1n) is 8.85. The first-order chi connectivity index (χ1) is 14.0. The molecule has 1 N–H and O–H groups in total. The van der Waals surface area contributed by atoms with Crippen molar-refractivity contribution >= 4 is 50.7 Å². The third kappa shape index (κ3) is 3.48. The van der Waals surface area contributed by atoms with Crippen molar-refractivity contribution in [1.82, 2.24) is 0 Å². The van der Waals surface area contributed by atoms with Crippen LogP contribution in [-0.2, 0) is 9.59 Å². The first kappa shape index (κ1) is 19.4. The summed E-state index contributed by atoms with van der Waals surface area (Å²) >= 11 is 9.84. The lowest BCUT2D eigenvalue weighted by molar-refractivity contribution is -0.132. The highest BCUT2D eigenvalue weighted by Crippen LogP contribution is 2.44. The van der Waals surface area contributed by atoms with Crippen LogP contribution in [0.3, 0.4) is 0 Å². The summed E-state index contributed by atoms with van der Waals surface area (Å²) in [5.41, 5.74) is 1.55. The van der Waals surface area contributed by atoms with Gasteiger partial charge in [0.05, 0.1) is 11.6 Å². The van der Waals surface area contributed by atoms with E-state index < -0.39 is 17.7 Å². The number of ketones is 1. The minimum atomic E-state index is -0.849. The van der Waals surface area contributed by atoms with E-state index in [2.05, 4.69) is 15.9 Å². The van der Waals surface area contributed by atoms with Gasteiger partial charge in [0.2, 0.25) is 0 Å². The number of halogens is 2. The standard InChI is InChI=1S/C23H15BrClNO3/c24-15-9-6-10-16(13-15)26-20(17-11-4-5-12-18(17)25)19(22(28)23(26)29)21(27)14-7-2-1-3-8-14/h1-13,20,27H/b21-19+. The van der Waals surface area contributed by atoms with Crippen LogP contribution in [0.2, 0.25) is 5.02 Å². The van der Waals surface area contributed by atoms with E-state index >= 15 is 0 Å². The molecule has 0 aromatic heterocycles. The normalized spacial score (nSPS) is 18.3. The molecule has 4 nitrogen and oxygen atoms in total. The molecule has 0 radical (unpaired) electrons. The first-order valence-corrected chi connectivity index (χ1v) is 10.0. The van der Waals surface area contributed by atoms with Gasteiger partial charge in [-0.05, 0) is 29.8 Å². The summed E-state index contributed by atoms with van der Waals surface area (Å²) in [5.74, 6) is -1.70. The van der Waals surface area contributed by atoms with Crippen LogP contribution in [0, 0.1) is 0 Å². The third-order valence-electron chi connectivity index (χ3n) is 4.78. The Hall–Kier alpha value is -2.89. The average molecular weight is 469 g/mol. The largest absolute Gasteiger partial charge is 0.507 e. The monoisotopic (exact) mass is 467 g/mol. The maximum absolute atomic E-state index is 13.0. The van der Waals surface area contributed by atoms with Gasteiger partial charge in [0.15, 0.2) is 0 Å². The molecule has 1 fully saturated rings. The number of carbonyl (C=O) groups excluding carboxylic acids is 2. The zero-order valence-electron chi connectivity index (χ0n) is 15.0. The molecule has 144 valence electrons. The van der Waals surface area contributed by atoms with Gasteiger partial charge in [0.25, 0.3) is 11.7 Å². The van der Waals surface area contributed by atoms with Gasteiger partial charge < -0.3 is 5.11 Å². The molecule has 1 saturated heterocycles. The lowest BCUT2D eigenvalue weighted by atomic mass is 9.95. The summed E-state index contributed by atoms with van der Waals surface area (Å²) in [5, 5.41) is 11.4. The number of anilines is 1. The van der Waals surface area contributed by atoms with E-state index in [9.17, 15) is 14.7 Å². The van der Waals surface area contributed by atoms with Gasteiger partial charge in [-0.15, -0.1) is 0 Å². The predicted molar refractivity (Wildman–Crippen MR) is 117 cm³/mol. The van der Waals surface area contributed by atoms with E-state index in [4.69, 9.17) is 11.6 Å². The lowest BCUT2D eigenvalue weighted by Gasteiger charge is -2.26. The number of aliphatic hydroxyl groups excluding tert-OH is 1. The summed E-state index contributed by atoms with van der Waals surface area (Å²) in [4.78, 5) is 27.4. The molecule has 3 aromatic rings. The van der Waals surface area contributed by atoms with E-state index in [0.717, 1.165) is 4.47 Å². The number of nitrogens with zero attached hydrogens (tertiary/aromatic N) is 1. The summed E-state index contributed by atoms with van der Waals surface area (Å²) in [7, 11) is 0. The fourth-order valence-electron chi connectivity index (χ4n) is 3.47. The van der Waals surface area contributed by atoms with Crippen LogP contribution in [-0.4, -0.2) is 16.8 Å². The van der Waals surface area contributed by atoms with Crippen molar-refractivity contribution in [2.45, 2.75) is 6.04 Å². The molecular weight excluding hydrogens is 454 g/mol. The zero-order valence-corrected chi connectivity index (χ0v) is 17.4. The fraction of sp³-hybridized carbons (Fsp3) is 0.0435. The van der Waals surface area contributed by atoms with Crippen LogP contribution in [0.4, 0.5) is 5.69 Å². The van der Waals surface area contributed by atoms with Gasteiger partial charge in [-0.2, -0.15) is 0 Å². The molecule has 4 rings (SSSR count). The second kappa shape index (κ2) is 7.85. The Morgan fingerprint density at radius 3 is 2.31 bits per heavy atom. The molecule has 0 aliphatic carbocycles. The molecule has 1 amide bonds. The Kier molecular flexibility index (Phi) is 5.26. The highest BCUT2D eigenvalue weighted by Gasteiger charge is 2.47. The number of hydrogen-bond donors (Lipinski definition) is 1. The molecule has 0 bridgehead atoms. The number of aliphatic hydroxyl groups is 1. The van der Waals surface area contributed by atoms with Crippen molar-refractivity contribution < 1.29 is 14.7 Å². The van der Waals surface area contributed by atoms with Crippen LogP contribution in [0.5, 0.6) is 0 Å². The van der Waals surface area contributed by atoms with Gasteiger partial charge in [0, 0.05) is 20.7 Å². The van der Waals surface area contributed by atoms with Crippen LogP contribution in [0.25, 0.3) is 5.76 Å². The highest BCUT2D eigenvalue weighted by molar-refractivity contribution is 9.10. The van der Waals surface area contributed by atoms with Gasteiger partial charge in [0.1, 0.15) is 5.76 Å². The Labute approximate surface area is 181 Å². The number of hydrogen-bond acceptors (Lipinski definition) is 3.